The number of benzene rings is 1. The van der Waals surface area contributed by atoms with Crippen molar-refractivity contribution in [1.82, 2.24) is 5.32 Å². The monoisotopic (exact) mass is 275 g/mol. The molecule has 1 aromatic rings. The fraction of sp³-hybridized carbons (Fsp3) is 0.667. The molecule has 1 atom stereocenters. The highest BCUT2D eigenvalue weighted by Crippen LogP contribution is 2.28. The van der Waals surface area contributed by atoms with E-state index in [1.165, 1.54) is 44.1 Å². The van der Waals surface area contributed by atoms with Crippen molar-refractivity contribution >= 4 is 0 Å². The fourth-order valence-corrected chi connectivity index (χ4v) is 3.43. The Labute approximate surface area is 123 Å². The van der Waals surface area contributed by atoms with Crippen molar-refractivity contribution in [2.24, 2.45) is 5.92 Å². The van der Waals surface area contributed by atoms with Crippen LogP contribution in [0.15, 0.2) is 30.3 Å². The van der Waals surface area contributed by atoms with Crippen molar-refractivity contribution in [3.63, 3.8) is 0 Å². The number of hydrogen-bond acceptors (Lipinski definition) is 2. The molecule has 20 heavy (non-hydrogen) atoms. The molecule has 0 heterocycles. The molecule has 112 valence electrons. The van der Waals surface area contributed by atoms with Crippen LogP contribution in [0.25, 0.3) is 0 Å². The van der Waals surface area contributed by atoms with Gasteiger partial charge in [0, 0.05) is 12.1 Å². The number of nitrogens with one attached hydrogen (secondary N) is 1. The van der Waals surface area contributed by atoms with E-state index in [0.717, 1.165) is 12.3 Å². The predicted octanol–water partition coefficient (Wildman–Crippen LogP) is 3.54. The van der Waals surface area contributed by atoms with Crippen LogP contribution in [-0.2, 0) is 6.42 Å². The lowest BCUT2D eigenvalue weighted by atomic mass is 9.83. The molecule has 2 heteroatoms. The van der Waals surface area contributed by atoms with Crippen LogP contribution in [0.4, 0.5) is 0 Å². The highest BCUT2D eigenvalue weighted by molar-refractivity contribution is 5.16. The third kappa shape index (κ3) is 4.92. The smallest absolute Gasteiger partial charge is 0.0587 e. The van der Waals surface area contributed by atoms with Crippen LogP contribution in [-0.4, -0.2) is 23.8 Å². The van der Waals surface area contributed by atoms with Gasteiger partial charge in [-0.25, -0.2) is 0 Å². The first-order valence-corrected chi connectivity index (χ1v) is 8.22. The Kier molecular flexibility index (Phi) is 6.55. The van der Waals surface area contributed by atoms with Crippen LogP contribution < -0.4 is 5.32 Å². The highest BCUT2D eigenvalue weighted by atomic mass is 16.3. The number of aliphatic hydroxyl groups is 1. The quantitative estimate of drug-likeness (QED) is 0.798. The molecule has 0 aliphatic heterocycles. The summed E-state index contributed by atoms with van der Waals surface area (Å²) in [6.07, 6.45) is 8.89. The fourth-order valence-electron chi connectivity index (χ4n) is 3.43. The minimum absolute atomic E-state index is 0.199. The first kappa shape index (κ1) is 15.5. The lowest BCUT2D eigenvalue weighted by Gasteiger charge is -2.31. The van der Waals surface area contributed by atoms with E-state index in [-0.39, 0.29) is 12.6 Å². The van der Waals surface area contributed by atoms with E-state index in [1.807, 2.05) is 6.07 Å². The minimum Gasteiger partial charge on any atom is -0.395 e. The van der Waals surface area contributed by atoms with E-state index < -0.39 is 0 Å². The number of hydrogen-bond donors (Lipinski definition) is 2. The zero-order valence-corrected chi connectivity index (χ0v) is 12.7. The Morgan fingerprint density at radius 2 is 1.85 bits per heavy atom. The Morgan fingerprint density at radius 3 is 2.45 bits per heavy atom. The van der Waals surface area contributed by atoms with E-state index >= 15 is 0 Å². The molecular formula is C18H29NO. The minimum atomic E-state index is 0.199. The number of aliphatic hydroxyl groups excluding tert-OH is 1. The summed E-state index contributed by atoms with van der Waals surface area (Å²) in [7, 11) is 0. The van der Waals surface area contributed by atoms with Gasteiger partial charge in [-0.05, 0) is 43.6 Å². The maximum absolute atomic E-state index is 9.59. The Balaban J connectivity index is 1.76. The molecule has 0 spiro atoms. The lowest BCUT2D eigenvalue weighted by Crippen LogP contribution is -2.43. The Bertz CT molecular complexity index is 357. The first-order valence-electron chi connectivity index (χ1n) is 8.22. The van der Waals surface area contributed by atoms with E-state index in [0.29, 0.717) is 6.04 Å². The Hall–Kier alpha value is -0.860. The molecule has 0 bridgehead atoms. The van der Waals surface area contributed by atoms with Crippen LogP contribution in [0.3, 0.4) is 0 Å². The van der Waals surface area contributed by atoms with Crippen molar-refractivity contribution in [2.75, 3.05) is 6.61 Å². The largest absolute Gasteiger partial charge is 0.395 e. The summed E-state index contributed by atoms with van der Waals surface area (Å²) in [4.78, 5) is 0. The third-order valence-electron chi connectivity index (χ3n) is 4.56. The Morgan fingerprint density at radius 1 is 1.15 bits per heavy atom. The molecule has 0 radical (unpaired) electrons. The maximum atomic E-state index is 9.59. The van der Waals surface area contributed by atoms with Crippen molar-refractivity contribution in [3.8, 4) is 0 Å². The van der Waals surface area contributed by atoms with Crippen LogP contribution in [0.5, 0.6) is 0 Å². The molecule has 2 rings (SSSR count). The molecule has 0 aromatic heterocycles. The summed E-state index contributed by atoms with van der Waals surface area (Å²) >= 11 is 0. The van der Waals surface area contributed by atoms with Crippen molar-refractivity contribution < 1.29 is 5.11 Å². The lowest BCUT2D eigenvalue weighted by molar-refractivity contribution is 0.203. The zero-order valence-electron chi connectivity index (χ0n) is 12.7. The average Bonchev–Trinajstić information content (AvgIpc) is 2.50. The van der Waals surface area contributed by atoms with Gasteiger partial charge in [-0.1, -0.05) is 50.1 Å². The molecule has 1 saturated carbocycles. The molecular weight excluding hydrogens is 246 g/mol. The van der Waals surface area contributed by atoms with Crippen LogP contribution in [0.2, 0.25) is 0 Å². The van der Waals surface area contributed by atoms with Crippen molar-refractivity contribution in [2.45, 2.75) is 64.0 Å². The standard InChI is InChI=1S/C18H29NO/c1-2-6-15-9-11-17(12-10-15)19-18(14-20)13-16-7-4-3-5-8-16/h3-5,7-8,15,17-20H,2,6,9-14H2,1H3/t15?,17?,18-/m0/s1. The molecule has 0 saturated heterocycles. The van der Waals surface area contributed by atoms with E-state index in [2.05, 4.69) is 36.5 Å². The van der Waals surface area contributed by atoms with Crippen molar-refractivity contribution in [3.05, 3.63) is 35.9 Å². The third-order valence-corrected chi connectivity index (χ3v) is 4.56. The van der Waals surface area contributed by atoms with Gasteiger partial charge in [0.25, 0.3) is 0 Å². The SMILES string of the molecule is CCCC1CCC(N[C@H](CO)Cc2ccccc2)CC1. The van der Waals surface area contributed by atoms with Gasteiger partial charge < -0.3 is 10.4 Å². The summed E-state index contributed by atoms with van der Waals surface area (Å²) in [6, 6.07) is 11.3. The molecule has 2 nitrogen and oxygen atoms in total. The summed E-state index contributed by atoms with van der Waals surface area (Å²) in [5.74, 6) is 0.944. The van der Waals surface area contributed by atoms with Gasteiger partial charge in [-0.15, -0.1) is 0 Å². The summed E-state index contributed by atoms with van der Waals surface area (Å²) in [5, 5.41) is 13.3. The molecule has 0 amide bonds. The molecule has 1 fully saturated rings. The summed E-state index contributed by atoms with van der Waals surface area (Å²) in [6.45, 7) is 2.51. The molecule has 0 unspecified atom stereocenters. The highest BCUT2D eigenvalue weighted by Gasteiger charge is 2.22. The maximum Gasteiger partial charge on any atom is 0.0587 e. The summed E-state index contributed by atoms with van der Waals surface area (Å²) in [5.41, 5.74) is 1.30. The van der Waals surface area contributed by atoms with Gasteiger partial charge in [0.15, 0.2) is 0 Å². The van der Waals surface area contributed by atoms with E-state index in [9.17, 15) is 5.11 Å². The van der Waals surface area contributed by atoms with Gasteiger partial charge in [0.05, 0.1) is 6.61 Å². The second-order valence-corrected chi connectivity index (χ2v) is 6.24. The molecule has 1 aliphatic carbocycles. The van der Waals surface area contributed by atoms with E-state index in [4.69, 9.17) is 0 Å². The summed E-state index contributed by atoms with van der Waals surface area (Å²) < 4.78 is 0. The van der Waals surface area contributed by atoms with Gasteiger partial charge >= 0.3 is 0 Å². The van der Waals surface area contributed by atoms with Crippen LogP contribution in [0.1, 0.15) is 51.0 Å². The van der Waals surface area contributed by atoms with Crippen molar-refractivity contribution in [1.29, 1.82) is 0 Å². The molecule has 1 aliphatic rings. The normalized spacial score (nSPS) is 24.5. The van der Waals surface area contributed by atoms with E-state index in [1.54, 1.807) is 0 Å². The second kappa shape index (κ2) is 8.43. The average molecular weight is 275 g/mol. The van der Waals surface area contributed by atoms with Crippen LogP contribution >= 0.6 is 0 Å². The number of rotatable bonds is 7. The molecule has 1 aromatic carbocycles. The van der Waals surface area contributed by atoms with Gasteiger partial charge in [0.2, 0.25) is 0 Å². The van der Waals surface area contributed by atoms with Gasteiger partial charge in [-0.2, -0.15) is 0 Å². The second-order valence-electron chi connectivity index (χ2n) is 6.24. The molecule has 2 N–H and O–H groups in total. The van der Waals surface area contributed by atoms with Gasteiger partial charge in [-0.3, -0.25) is 0 Å². The van der Waals surface area contributed by atoms with Gasteiger partial charge in [0.1, 0.15) is 0 Å². The predicted molar refractivity (Wildman–Crippen MR) is 84.8 cm³/mol. The zero-order chi connectivity index (χ0) is 14.2. The topological polar surface area (TPSA) is 32.3 Å². The van der Waals surface area contributed by atoms with Crippen LogP contribution in [0, 0.1) is 5.92 Å². The first-order chi connectivity index (χ1) is 9.81.